The Balaban J connectivity index is 0.000000151. The van der Waals surface area contributed by atoms with Crippen LogP contribution >= 0.6 is 0 Å². The molecule has 0 aromatic heterocycles. The van der Waals surface area contributed by atoms with Crippen molar-refractivity contribution >= 4 is 6.16 Å². The van der Waals surface area contributed by atoms with Gasteiger partial charge in [0.05, 0.1) is 11.6 Å². The third-order valence-electron chi connectivity index (χ3n) is 1.64. The summed E-state index contributed by atoms with van der Waals surface area (Å²) in [6, 6.07) is 11.2. The second-order valence-electron chi connectivity index (χ2n) is 2.97. The quantitative estimate of drug-likeness (QED) is 0.608. The molecule has 0 spiro atoms. The highest BCUT2D eigenvalue weighted by Crippen LogP contribution is 2.02. The largest absolute Gasteiger partial charge is 0.508 e. The third-order valence-corrected chi connectivity index (χ3v) is 1.64. The van der Waals surface area contributed by atoms with E-state index in [2.05, 4.69) is 9.47 Å². The SMILES string of the molecule is CC1COC(=O)O1.N#Cc1ccccc1. The van der Waals surface area contributed by atoms with Crippen molar-refractivity contribution in [1.29, 1.82) is 5.26 Å². The predicted molar refractivity (Wildman–Crippen MR) is 53.1 cm³/mol. The van der Waals surface area contributed by atoms with Gasteiger partial charge in [0.25, 0.3) is 0 Å². The van der Waals surface area contributed by atoms with Gasteiger partial charge < -0.3 is 9.47 Å². The molecule has 78 valence electrons. The van der Waals surface area contributed by atoms with Gasteiger partial charge >= 0.3 is 6.16 Å². The molecule has 0 radical (unpaired) electrons. The van der Waals surface area contributed by atoms with Crippen LogP contribution in [0, 0.1) is 11.3 Å². The standard InChI is InChI=1S/C7H5N.C4H6O3/c8-6-7-4-2-1-3-5-7;1-3-2-6-4(5)7-3/h1-5H;3H,2H2,1H3. The highest BCUT2D eigenvalue weighted by atomic mass is 16.8. The molecule has 4 nitrogen and oxygen atoms in total. The molecule has 15 heavy (non-hydrogen) atoms. The Bertz CT molecular complexity index is 356. The van der Waals surface area contributed by atoms with Gasteiger partial charge in [-0.25, -0.2) is 4.79 Å². The van der Waals surface area contributed by atoms with E-state index in [9.17, 15) is 4.79 Å². The van der Waals surface area contributed by atoms with Gasteiger partial charge in [-0.1, -0.05) is 18.2 Å². The normalized spacial score (nSPS) is 17.9. The maximum absolute atomic E-state index is 10.0. The Kier molecular flexibility index (Phi) is 4.17. The first-order valence-electron chi connectivity index (χ1n) is 4.51. The van der Waals surface area contributed by atoms with Crippen LogP contribution in [0.5, 0.6) is 0 Å². The first-order chi connectivity index (χ1) is 7.22. The summed E-state index contributed by atoms with van der Waals surface area (Å²) in [6.45, 7) is 2.18. The molecule has 1 aliphatic rings. The zero-order chi connectivity index (χ0) is 11.1. The van der Waals surface area contributed by atoms with Crippen LogP contribution in [-0.4, -0.2) is 18.9 Å². The number of ether oxygens (including phenoxy) is 2. The van der Waals surface area contributed by atoms with Crippen LogP contribution in [0.3, 0.4) is 0 Å². The summed E-state index contributed by atoms with van der Waals surface area (Å²) < 4.78 is 8.90. The van der Waals surface area contributed by atoms with E-state index < -0.39 is 6.16 Å². The van der Waals surface area contributed by atoms with E-state index in [0.29, 0.717) is 12.2 Å². The van der Waals surface area contributed by atoms with E-state index in [1.807, 2.05) is 24.3 Å². The summed E-state index contributed by atoms with van der Waals surface area (Å²) in [7, 11) is 0. The Labute approximate surface area is 88.0 Å². The number of nitrogens with zero attached hydrogens (tertiary/aromatic N) is 1. The summed E-state index contributed by atoms with van der Waals surface area (Å²) in [6.07, 6.45) is -0.597. The van der Waals surface area contributed by atoms with Crippen LogP contribution in [0.15, 0.2) is 30.3 Å². The maximum atomic E-state index is 10.0. The molecular formula is C11H11NO3. The van der Waals surface area contributed by atoms with Crippen molar-refractivity contribution in [1.82, 2.24) is 0 Å². The van der Waals surface area contributed by atoms with E-state index >= 15 is 0 Å². The zero-order valence-corrected chi connectivity index (χ0v) is 8.34. The second-order valence-corrected chi connectivity index (χ2v) is 2.97. The Morgan fingerprint density at radius 2 is 2.07 bits per heavy atom. The fraction of sp³-hybridized carbons (Fsp3) is 0.273. The van der Waals surface area contributed by atoms with Gasteiger partial charge in [-0.15, -0.1) is 0 Å². The average Bonchev–Trinajstić information content (AvgIpc) is 2.65. The molecule has 1 fully saturated rings. The van der Waals surface area contributed by atoms with Gasteiger partial charge in [0.15, 0.2) is 0 Å². The number of rotatable bonds is 0. The van der Waals surface area contributed by atoms with Crippen molar-refractivity contribution in [3.05, 3.63) is 35.9 Å². The summed E-state index contributed by atoms with van der Waals surface area (Å²) in [4.78, 5) is 10.0. The predicted octanol–water partition coefficient (Wildman–Crippen LogP) is 2.10. The molecule has 1 atom stereocenters. The van der Waals surface area contributed by atoms with Crippen LogP contribution in [0.2, 0.25) is 0 Å². The monoisotopic (exact) mass is 205 g/mol. The molecule has 1 aromatic carbocycles. The van der Waals surface area contributed by atoms with Crippen LogP contribution in [0.4, 0.5) is 4.79 Å². The molecule has 0 saturated carbocycles. The number of cyclic esters (lactones) is 2. The van der Waals surface area contributed by atoms with Gasteiger partial charge in [0.2, 0.25) is 0 Å². The van der Waals surface area contributed by atoms with Crippen molar-refractivity contribution < 1.29 is 14.3 Å². The van der Waals surface area contributed by atoms with Crippen LogP contribution in [-0.2, 0) is 9.47 Å². The highest BCUT2D eigenvalue weighted by Gasteiger charge is 2.19. The van der Waals surface area contributed by atoms with Crippen LogP contribution in [0.25, 0.3) is 0 Å². The minimum atomic E-state index is -0.549. The van der Waals surface area contributed by atoms with Gasteiger partial charge in [-0.2, -0.15) is 5.26 Å². The molecule has 0 N–H and O–H groups in total. The van der Waals surface area contributed by atoms with Gasteiger partial charge in [0.1, 0.15) is 12.7 Å². The summed E-state index contributed by atoms with van der Waals surface area (Å²) in [5.41, 5.74) is 0.715. The van der Waals surface area contributed by atoms with Crippen molar-refractivity contribution in [3.63, 3.8) is 0 Å². The molecule has 0 aliphatic carbocycles. The number of benzene rings is 1. The Morgan fingerprint density at radius 1 is 1.40 bits per heavy atom. The van der Waals surface area contributed by atoms with Gasteiger partial charge in [0, 0.05) is 0 Å². The van der Waals surface area contributed by atoms with E-state index in [0.717, 1.165) is 0 Å². The van der Waals surface area contributed by atoms with Crippen molar-refractivity contribution in [3.8, 4) is 6.07 Å². The van der Waals surface area contributed by atoms with Crippen LogP contribution in [0.1, 0.15) is 12.5 Å². The lowest BCUT2D eigenvalue weighted by Gasteiger charge is -1.90. The number of nitriles is 1. The summed E-state index contributed by atoms with van der Waals surface area (Å²) in [5.74, 6) is 0. The van der Waals surface area contributed by atoms with Crippen molar-refractivity contribution in [2.45, 2.75) is 13.0 Å². The second kappa shape index (κ2) is 5.66. The maximum Gasteiger partial charge on any atom is 0.508 e. The molecule has 1 heterocycles. The molecule has 0 amide bonds. The van der Waals surface area contributed by atoms with Gasteiger partial charge in [-0.05, 0) is 19.1 Å². The summed E-state index contributed by atoms with van der Waals surface area (Å²) in [5, 5.41) is 8.29. The molecule has 0 bridgehead atoms. The molecule has 1 aromatic rings. The van der Waals surface area contributed by atoms with Crippen molar-refractivity contribution in [2.24, 2.45) is 0 Å². The topological polar surface area (TPSA) is 59.3 Å². The third kappa shape index (κ3) is 4.14. The minimum Gasteiger partial charge on any atom is -0.430 e. The molecule has 1 unspecified atom stereocenters. The number of carbonyl (C=O) groups is 1. The van der Waals surface area contributed by atoms with Crippen molar-refractivity contribution in [2.75, 3.05) is 6.61 Å². The fourth-order valence-corrected chi connectivity index (χ4v) is 0.930. The molecular weight excluding hydrogens is 194 g/mol. The average molecular weight is 205 g/mol. The number of hydrogen-bond donors (Lipinski definition) is 0. The lowest BCUT2D eigenvalue weighted by Crippen LogP contribution is -2.01. The molecule has 2 rings (SSSR count). The highest BCUT2D eigenvalue weighted by molar-refractivity contribution is 5.61. The van der Waals surface area contributed by atoms with Gasteiger partial charge in [-0.3, -0.25) is 0 Å². The molecule has 1 aliphatic heterocycles. The minimum absolute atomic E-state index is 0.0486. The van der Waals surface area contributed by atoms with E-state index in [1.165, 1.54) is 0 Å². The lowest BCUT2D eigenvalue weighted by molar-refractivity contribution is 0.121. The van der Waals surface area contributed by atoms with E-state index in [4.69, 9.17) is 5.26 Å². The Hall–Kier alpha value is -2.02. The van der Waals surface area contributed by atoms with Crippen LogP contribution < -0.4 is 0 Å². The van der Waals surface area contributed by atoms with E-state index in [1.54, 1.807) is 19.1 Å². The smallest absolute Gasteiger partial charge is 0.430 e. The molecule has 1 saturated heterocycles. The zero-order valence-electron chi connectivity index (χ0n) is 8.34. The Morgan fingerprint density at radius 3 is 2.33 bits per heavy atom. The lowest BCUT2D eigenvalue weighted by atomic mass is 10.2. The van der Waals surface area contributed by atoms with E-state index in [-0.39, 0.29) is 6.10 Å². The summed E-state index contributed by atoms with van der Waals surface area (Å²) >= 11 is 0. The first kappa shape index (κ1) is 11.1. The fourth-order valence-electron chi connectivity index (χ4n) is 0.930. The number of hydrogen-bond acceptors (Lipinski definition) is 4. The molecule has 4 heteroatoms. The first-order valence-corrected chi connectivity index (χ1v) is 4.51. The number of carbonyl (C=O) groups excluding carboxylic acids is 1.